The largest absolute Gasteiger partial charge is 0.619 e. The Bertz CT molecular complexity index is 637. The van der Waals surface area contributed by atoms with E-state index in [-0.39, 0.29) is 12.5 Å². The molecule has 0 fully saturated rings. The number of nitrogens with one attached hydrogen (secondary N) is 1. The van der Waals surface area contributed by atoms with Crippen LogP contribution in [-0.4, -0.2) is 12.5 Å². The number of halogens is 3. The van der Waals surface area contributed by atoms with Crippen LogP contribution in [0.4, 0.5) is 13.2 Å². The van der Waals surface area contributed by atoms with E-state index < -0.39 is 11.7 Å². The molecule has 0 bridgehead atoms. The Kier molecular flexibility index (Phi) is 4.65. The molecule has 0 aliphatic rings. The summed E-state index contributed by atoms with van der Waals surface area (Å²) in [4.78, 5) is 11.8. The van der Waals surface area contributed by atoms with Gasteiger partial charge in [0.1, 0.15) is 0 Å². The van der Waals surface area contributed by atoms with Crippen LogP contribution < -0.4 is 10.0 Å². The first-order chi connectivity index (χ1) is 10.4. The van der Waals surface area contributed by atoms with Crippen LogP contribution in [0.2, 0.25) is 0 Å². The van der Waals surface area contributed by atoms with Crippen LogP contribution in [0.1, 0.15) is 21.5 Å². The number of alkyl halides is 3. The maximum absolute atomic E-state index is 12.4. The van der Waals surface area contributed by atoms with Crippen molar-refractivity contribution in [3.05, 3.63) is 70.7 Å². The summed E-state index contributed by atoms with van der Waals surface area (Å²) < 4.78 is 37.8. The molecule has 0 spiro atoms. The third kappa shape index (κ3) is 4.21. The third-order valence-electron chi connectivity index (χ3n) is 3.04. The Balaban J connectivity index is 1.86. The lowest BCUT2D eigenvalue weighted by molar-refractivity contribution is -0.605. The molecule has 2 aromatic rings. The highest BCUT2D eigenvalue weighted by Crippen LogP contribution is 2.29. The van der Waals surface area contributed by atoms with Crippen molar-refractivity contribution in [2.75, 3.05) is 6.54 Å². The first-order valence-corrected chi connectivity index (χ1v) is 6.49. The molecule has 0 saturated carbocycles. The van der Waals surface area contributed by atoms with Gasteiger partial charge in [-0.15, -0.1) is 0 Å². The van der Waals surface area contributed by atoms with Crippen molar-refractivity contribution in [3.63, 3.8) is 0 Å². The summed E-state index contributed by atoms with van der Waals surface area (Å²) in [6.07, 6.45) is -1.51. The van der Waals surface area contributed by atoms with Crippen molar-refractivity contribution in [2.24, 2.45) is 0 Å². The van der Waals surface area contributed by atoms with Gasteiger partial charge < -0.3 is 10.5 Å². The van der Waals surface area contributed by atoms with E-state index in [2.05, 4.69) is 5.32 Å². The van der Waals surface area contributed by atoms with Crippen molar-refractivity contribution in [2.45, 2.75) is 12.6 Å². The van der Waals surface area contributed by atoms with Crippen LogP contribution >= 0.6 is 0 Å². The van der Waals surface area contributed by atoms with Crippen LogP contribution in [-0.2, 0) is 12.6 Å². The number of benzene rings is 1. The van der Waals surface area contributed by atoms with Gasteiger partial charge in [0.15, 0.2) is 12.4 Å². The molecule has 0 unspecified atom stereocenters. The Labute approximate surface area is 124 Å². The first-order valence-electron chi connectivity index (χ1n) is 6.49. The predicted molar refractivity (Wildman–Crippen MR) is 72.9 cm³/mol. The van der Waals surface area contributed by atoms with Crippen LogP contribution in [0, 0.1) is 5.21 Å². The van der Waals surface area contributed by atoms with Crippen molar-refractivity contribution in [1.29, 1.82) is 0 Å². The standard InChI is InChI=1S/C15H13F3N2O2/c16-15(17,18)13-3-1-11(2-4-13)5-8-19-14(21)12-6-9-20(22)10-7-12/h1-4,6-7,9-10H,5,8H2,(H,19,21). The van der Waals surface area contributed by atoms with Gasteiger partial charge in [0.05, 0.1) is 11.1 Å². The van der Waals surface area contributed by atoms with Crippen LogP contribution in [0.15, 0.2) is 48.8 Å². The van der Waals surface area contributed by atoms with Crippen molar-refractivity contribution in [3.8, 4) is 0 Å². The first kappa shape index (κ1) is 15.8. The van der Waals surface area contributed by atoms with Gasteiger partial charge in [0, 0.05) is 18.7 Å². The smallest absolute Gasteiger partial charge is 0.416 e. The second-order valence-electron chi connectivity index (χ2n) is 4.65. The molecule has 7 heteroatoms. The van der Waals surface area contributed by atoms with Gasteiger partial charge in [0.2, 0.25) is 0 Å². The number of hydrogen-bond donors (Lipinski definition) is 1. The predicted octanol–water partition coefficient (Wildman–Crippen LogP) is 2.31. The average molecular weight is 310 g/mol. The number of amides is 1. The SMILES string of the molecule is O=C(NCCc1ccc(C(F)(F)F)cc1)c1cc[n+]([O-])cc1. The molecule has 0 aliphatic carbocycles. The minimum absolute atomic E-state index is 0.288. The number of aromatic nitrogens is 1. The highest BCUT2D eigenvalue weighted by Gasteiger charge is 2.29. The number of nitrogens with zero attached hydrogens (tertiary/aromatic N) is 1. The van der Waals surface area contributed by atoms with E-state index in [1.165, 1.54) is 36.7 Å². The molecule has 0 radical (unpaired) electrons. The second kappa shape index (κ2) is 6.46. The summed E-state index contributed by atoms with van der Waals surface area (Å²) in [5.74, 6) is -0.340. The van der Waals surface area contributed by atoms with E-state index >= 15 is 0 Å². The second-order valence-corrected chi connectivity index (χ2v) is 4.65. The lowest BCUT2D eigenvalue weighted by Crippen LogP contribution is -2.28. The Morgan fingerprint density at radius 3 is 2.23 bits per heavy atom. The van der Waals surface area contributed by atoms with E-state index in [0.29, 0.717) is 22.3 Å². The van der Waals surface area contributed by atoms with Crippen molar-refractivity contribution < 1.29 is 22.7 Å². The average Bonchev–Trinajstić information content (AvgIpc) is 2.47. The van der Waals surface area contributed by atoms with Gasteiger partial charge in [-0.3, -0.25) is 4.79 Å². The highest BCUT2D eigenvalue weighted by molar-refractivity contribution is 5.93. The minimum atomic E-state index is -4.35. The normalized spacial score (nSPS) is 11.2. The molecular formula is C15H13F3N2O2. The molecule has 0 atom stereocenters. The maximum atomic E-state index is 12.4. The molecule has 2 rings (SSSR count). The maximum Gasteiger partial charge on any atom is 0.416 e. The Morgan fingerprint density at radius 1 is 1.09 bits per heavy atom. The zero-order valence-corrected chi connectivity index (χ0v) is 11.4. The summed E-state index contributed by atoms with van der Waals surface area (Å²) in [5, 5.41) is 13.5. The quantitative estimate of drug-likeness (QED) is 0.696. The van der Waals surface area contributed by atoms with E-state index in [1.54, 1.807) is 0 Å². The molecular weight excluding hydrogens is 297 g/mol. The molecule has 1 heterocycles. The van der Waals surface area contributed by atoms with E-state index in [1.807, 2.05) is 0 Å². The van der Waals surface area contributed by atoms with Gasteiger partial charge in [-0.25, -0.2) is 0 Å². The molecule has 4 nitrogen and oxygen atoms in total. The molecule has 1 amide bonds. The number of rotatable bonds is 4. The van der Waals surface area contributed by atoms with Gasteiger partial charge in [-0.1, -0.05) is 12.1 Å². The zero-order valence-electron chi connectivity index (χ0n) is 11.4. The summed E-state index contributed by atoms with van der Waals surface area (Å²) in [7, 11) is 0. The van der Waals surface area contributed by atoms with Gasteiger partial charge in [-0.2, -0.15) is 17.9 Å². The van der Waals surface area contributed by atoms with Gasteiger partial charge in [-0.05, 0) is 24.1 Å². The Hall–Kier alpha value is -2.57. The molecule has 116 valence electrons. The molecule has 0 saturated heterocycles. The summed E-state index contributed by atoms with van der Waals surface area (Å²) in [5.41, 5.74) is 0.341. The highest BCUT2D eigenvalue weighted by atomic mass is 19.4. The lowest BCUT2D eigenvalue weighted by Gasteiger charge is -2.08. The van der Waals surface area contributed by atoms with Crippen molar-refractivity contribution in [1.82, 2.24) is 5.32 Å². The van der Waals surface area contributed by atoms with E-state index in [0.717, 1.165) is 12.1 Å². The van der Waals surface area contributed by atoms with E-state index in [4.69, 9.17) is 0 Å². The topological polar surface area (TPSA) is 56.0 Å². The minimum Gasteiger partial charge on any atom is -0.619 e. The van der Waals surface area contributed by atoms with Crippen LogP contribution in [0.25, 0.3) is 0 Å². The summed E-state index contributed by atoms with van der Waals surface area (Å²) >= 11 is 0. The monoisotopic (exact) mass is 310 g/mol. The fraction of sp³-hybridized carbons (Fsp3) is 0.200. The molecule has 1 aromatic heterocycles. The lowest BCUT2D eigenvalue weighted by atomic mass is 10.1. The number of pyridine rings is 1. The third-order valence-corrected chi connectivity index (χ3v) is 3.04. The molecule has 0 aliphatic heterocycles. The molecule has 22 heavy (non-hydrogen) atoms. The van der Waals surface area contributed by atoms with E-state index in [9.17, 15) is 23.2 Å². The van der Waals surface area contributed by atoms with Crippen LogP contribution in [0.5, 0.6) is 0 Å². The number of carbonyl (C=O) groups excluding carboxylic acids is 1. The number of hydrogen-bond acceptors (Lipinski definition) is 2. The fourth-order valence-electron chi connectivity index (χ4n) is 1.85. The number of carbonyl (C=O) groups is 1. The fourth-order valence-corrected chi connectivity index (χ4v) is 1.85. The zero-order chi connectivity index (χ0) is 16.2. The summed E-state index contributed by atoms with van der Waals surface area (Å²) in [6.45, 7) is 0.288. The van der Waals surface area contributed by atoms with Crippen molar-refractivity contribution >= 4 is 5.91 Å². The van der Waals surface area contributed by atoms with Gasteiger partial charge in [0.25, 0.3) is 5.91 Å². The van der Waals surface area contributed by atoms with Gasteiger partial charge >= 0.3 is 6.18 Å². The Morgan fingerprint density at radius 2 is 1.68 bits per heavy atom. The molecule has 1 aromatic carbocycles. The van der Waals surface area contributed by atoms with Crippen LogP contribution in [0.3, 0.4) is 0 Å². The summed E-state index contributed by atoms with van der Waals surface area (Å²) in [6, 6.07) is 7.58. The molecule has 1 N–H and O–H groups in total.